The number of aryl methyl sites for hydroxylation is 1. The van der Waals surface area contributed by atoms with E-state index in [2.05, 4.69) is 5.10 Å². The number of aliphatic hydroxyl groups excluding tert-OH is 1. The van der Waals surface area contributed by atoms with Crippen LogP contribution in [0.1, 0.15) is 17.4 Å². The Balaban J connectivity index is 2.09. The number of β-amino-alcohol motifs (C(OH)–C–C–N with tert-alkyl or cyclic N) is 1. The van der Waals surface area contributed by atoms with Gasteiger partial charge >= 0.3 is 0 Å². The molecule has 2 atom stereocenters. The summed E-state index contributed by atoms with van der Waals surface area (Å²) in [6.07, 6.45) is 0.716. The summed E-state index contributed by atoms with van der Waals surface area (Å²) in [5, 5.41) is 14.1. The molecule has 0 aliphatic carbocycles. The van der Waals surface area contributed by atoms with Gasteiger partial charge in [0.2, 0.25) is 10.0 Å². The van der Waals surface area contributed by atoms with Crippen LogP contribution in [0.15, 0.2) is 12.3 Å². The average molecular weight is 330 g/mol. The largest absolute Gasteiger partial charge is 0.391 e. The van der Waals surface area contributed by atoms with E-state index >= 15 is 0 Å². The molecule has 22 heavy (non-hydrogen) atoms. The van der Waals surface area contributed by atoms with Gasteiger partial charge in [-0.15, -0.1) is 0 Å². The van der Waals surface area contributed by atoms with Gasteiger partial charge in [0, 0.05) is 45.8 Å². The van der Waals surface area contributed by atoms with Crippen LogP contribution in [-0.4, -0.2) is 77.5 Å². The van der Waals surface area contributed by atoms with Gasteiger partial charge in [0.05, 0.1) is 11.9 Å². The van der Waals surface area contributed by atoms with Crippen molar-refractivity contribution >= 4 is 15.9 Å². The zero-order chi connectivity index (χ0) is 16.5. The molecular formula is C13H22N4O4S. The third-order valence-electron chi connectivity index (χ3n) is 3.91. The van der Waals surface area contributed by atoms with E-state index in [1.54, 1.807) is 16.9 Å². The van der Waals surface area contributed by atoms with Crippen LogP contribution in [0.4, 0.5) is 0 Å². The van der Waals surface area contributed by atoms with E-state index in [0.29, 0.717) is 12.2 Å². The Hall–Kier alpha value is -1.45. The van der Waals surface area contributed by atoms with E-state index in [-0.39, 0.29) is 24.7 Å². The second-order valence-electron chi connectivity index (χ2n) is 5.63. The Morgan fingerprint density at radius 2 is 2.14 bits per heavy atom. The lowest BCUT2D eigenvalue weighted by molar-refractivity contribution is 0.0752. The predicted molar refractivity (Wildman–Crippen MR) is 80.8 cm³/mol. The van der Waals surface area contributed by atoms with Crippen LogP contribution in [0.25, 0.3) is 0 Å². The summed E-state index contributed by atoms with van der Waals surface area (Å²) < 4.78 is 26.6. The number of aliphatic hydroxyl groups is 1. The molecule has 2 heterocycles. The van der Waals surface area contributed by atoms with Crippen LogP contribution < -0.4 is 0 Å². The number of nitrogens with zero attached hydrogens (tertiary/aromatic N) is 4. The van der Waals surface area contributed by atoms with Crippen LogP contribution in [0.3, 0.4) is 0 Å². The van der Waals surface area contributed by atoms with E-state index in [4.69, 9.17) is 0 Å². The Kier molecular flexibility index (Phi) is 4.88. The minimum Gasteiger partial charge on any atom is -0.391 e. The molecule has 1 aromatic heterocycles. The Morgan fingerprint density at radius 1 is 1.45 bits per heavy atom. The monoisotopic (exact) mass is 330 g/mol. The molecule has 8 nitrogen and oxygen atoms in total. The van der Waals surface area contributed by atoms with Gasteiger partial charge in [0.1, 0.15) is 5.69 Å². The molecule has 124 valence electrons. The summed E-state index contributed by atoms with van der Waals surface area (Å²) in [5.41, 5.74) is 0.450. The molecule has 0 aromatic carbocycles. The van der Waals surface area contributed by atoms with Crippen LogP contribution in [0.2, 0.25) is 0 Å². The SMILES string of the molecule is CCn1nccc1C(=O)N1C[C@@H](CS(=O)(=O)N(C)C)[C@H](O)C1. The quantitative estimate of drug-likeness (QED) is 0.765. The van der Waals surface area contributed by atoms with E-state index in [1.165, 1.54) is 19.0 Å². The summed E-state index contributed by atoms with van der Waals surface area (Å²) >= 11 is 0. The lowest BCUT2D eigenvalue weighted by Crippen LogP contribution is -2.34. The summed E-state index contributed by atoms with van der Waals surface area (Å²) in [7, 11) is -0.497. The molecular weight excluding hydrogens is 308 g/mol. The number of carbonyl (C=O) groups is 1. The Morgan fingerprint density at radius 3 is 2.73 bits per heavy atom. The molecule has 0 unspecified atom stereocenters. The van der Waals surface area contributed by atoms with Crippen LogP contribution >= 0.6 is 0 Å². The van der Waals surface area contributed by atoms with Crippen molar-refractivity contribution in [3.05, 3.63) is 18.0 Å². The lowest BCUT2D eigenvalue weighted by atomic mass is 10.1. The number of amides is 1. The molecule has 1 N–H and O–H groups in total. The Bertz CT molecular complexity index is 640. The van der Waals surface area contributed by atoms with Gasteiger partial charge in [-0.1, -0.05) is 0 Å². The molecule has 1 amide bonds. The van der Waals surface area contributed by atoms with E-state index in [1.807, 2.05) is 6.92 Å². The first-order valence-electron chi connectivity index (χ1n) is 7.15. The number of hydrogen-bond acceptors (Lipinski definition) is 5. The zero-order valence-electron chi connectivity index (χ0n) is 13.0. The topological polar surface area (TPSA) is 95.7 Å². The minimum absolute atomic E-state index is 0.140. The first-order valence-corrected chi connectivity index (χ1v) is 8.76. The summed E-state index contributed by atoms with van der Waals surface area (Å²) in [6, 6.07) is 1.63. The highest BCUT2D eigenvalue weighted by atomic mass is 32.2. The second-order valence-corrected chi connectivity index (χ2v) is 7.86. The molecule has 1 aliphatic rings. The lowest BCUT2D eigenvalue weighted by Gasteiger charge is -2.18. The summed E-state index contributed by atoms with van der Waals surface area (Å²) in [5.74, 6) is -0.879. The van der Waals surface area contributed by atoms with E-state index in [0.717, 1.165) is 4.31 Å². The van der Waals surface area contributed by atoms with Crippen LogP contribution in [0, 0.1) is 5.92 Å². The second kappa shape index (κ2) is 6.35. The van der Waals surface area contributed by atoms with Crippen molar-refractivity contribution in [2.24, 2.45) is 5.92 Å². The van der Waals surface area contributed by atoms with Gasteiger partial charge in [-0.3, -0.25) is 9.48 Å². The van der Waals surface area contributed by atoms with Crippen molar-refractivity contribution in [1.82, 2.24) is 19.0 Å². The van der Waals surface area contributed by atoms with Crippen LogP contribution in [-0.2, 0) is 16.6 Å². The number of carbonyl (C=O) groups excluding carboxylic acids is 1. The van der Waals surface area contributed by atoms with Gasteiger partial charge in [-0.05, 0) is 13.0 Å². The average Bonchev–Trinajstić information content (AvgIpc) is 3.04. The van der Waals surface area contributed by atoms with Crippen molar-refractivity contribution in [2.45, 2.75) is 19.6 Å². The number of sulfonamides is 1. The standard InChI is InChI=1S/C13H22N4O4S/c1-4-17-11(5-6-14-17)13(19)16-7-10(12(18)8-16)9-22(20,21)15(2)3/h5-6,10,12,18H,4,7-9H2,1-3H3/t10-,12+/m0/s1. The molecule has 1 saturated heterocycles. The van der Waals surface area contributed by atoms with Gasteiger partial charge in [-0.2, -0.15) is 5.10 Å². The molecule has 0 spiro atoms. The van der Waals surface area contributed by atoms with Crippen molar-refractivity contribution in [2.75, 3.05) is 32.9 Å². The smallest absolute Gasteiger partial charge is 0.272 e. The molecule has 1 aromatic rings. The van der Waals surface area contributed by atoms with Crippen molar-refractivity contribution in [3.8, 4) is 0 Å². The highest BCUT2D eigenvalue weighted by molar-refractivity contribution is 7.89. The van der Waals surface area contributed by atoms with Gasteiger partial charge in [0.25, 0.3) is 5.91 Å². The molecule has 0 saturated carbocycles. The first-order chi connectivity index (χ1) is 10.3. The highest BCUT2D eigenvalue weighted by Gasteiger charge is 2.38. The third-order valence-corrected chi connectivity index (χ3v) is 5.87. The molecule has 1 fully saturated rings. The first kappa shape index (κ1) is 16.9. The maximum absolute atomic E-state index is 12.5. The van der Waals surface area contributed by atoms with Crippen molar-refractivity contribution < 1.29 is 18.3 Å². The van der Waals surface area contributed by atoms with Crippen molar-refractivity contribution in [3.63, 3.8) is 0 Å². The minimum atomic E-state index is -3.41. The summed E-state index contributed by atoms with van der Waals surface area (Å²) in [6.45, 7) is 2.82. The number of likely N-dealkylation sites (tertiary alicyclic amines) is 1. The fourth-order valence-corrected chi connectivity index (χ4v) is 3.70. The van der Waals surface area contributed by atoms with Crippen molar-refractivity contribution in [1.29, 1.82) is 0 Å². The maximum Gasteiger partial charge on any atom is 0.272 e. The molecule has 0 bridgehead atoms. The predicted octanol–water partition coefficient (Wildman–Crippen LogP) is -0.773. The van der Waals surface area contributed by atoms with Gasteiger partial charge < -0.3 is 10.0 Å². The highest BCUT2D eigenvalue weighted by Crippen LogP contribution is 2.21. The van der Waals surface area contributed by atoms with Gasteiger partial charge in [0.15, 0.2) is 0 Å². The maximum atomic E-state index is 12.5. The molecule has 0 radical (unpaired) electrons. The summed E-state index contributed by atoms with van der Waals surface area (Å²) in [4.78, 5) is 14.0. The molecule has 9 heteroatoms. The number of hydrogen-bond donors (Lipinski definition) is 1. The van der Waals surface area contributed by atoms with Crippen LogP contribution in [0.5, 0.6) is 0 Å². The number of aromatic nitrogens is 2. The van der Waals surface area contributed by atoms with E-state index in [9.17, 15) is 18.3 Å². The normalized spacial score (nSPS) is 22.5. The Labute approximate surface area is 130 Å². The fraction of sp³-hybridized carbons (Fsp3) is 0.692. The van der Waals surface area contributed by atoms with E-state index < -0.39 is 22.0 Å². The van der Waals surface area contributed by atoms with Gasteiger partial charge in [-0.25, -0.2) is 12.7 Å². The molecule has 1 aliphatic heterocycles. The zero-order valence-corrected chi connectivity index (χ0v) is 13.8. The fourth-order valence-electron chi connectivity index (χ4n) is 2.53. The number of rotatable bonds is 5. The molecule has 2 rings (SSSR count). The third kappa shape index (κ3) is 3.31.